The Morgan fingerprint density at radius 2 is 1.87 bits per heavy atom. The third-order valence-electron chi connectivity index (χ3n) is 5.55. The second kappa shape index (κ2) is 9.08. The van der Waals surface area contributed by atoms with Crippen molar-refractivity contribution in [2.75, 3.05) is 12.3 Å². The number of rotatable bonds is 7. The monoisotopic (exact) mass is 438 g/mol. The van der Waals surface area contributed by atoms with E-state index in [1.807, 2.05) is 0 Å². The van der Waals surface area contributed by atoms with Crippen LogP contribution in [-0.2, 0) is 35.8 Å². The fourth-order valence-corrected chi connectivity index (χ4v) is 4.58. The minimum Gasteiger partial charge on any atom is -0.482 e. The first-order chi connectivity index (χ1) is 14.9. The van der Waals surface area contributed by atoms with E-state index in [2.05, 4.69) is 29.2 Å². The Hall–Kier alpha value is -2.90. The lowest BCUT2D eigenvalue weighted by molar-refractivity contribution is 0.220. The molecule has 31 heavy (non-hydrogen) atoms. The molecular formula is C24H26N2O4S. The van der Waals surface area contributed by atoms with Crippen LogP contribution in [0.5, 0.6) is 5.75 Å². The Labute approximate surface area is 182 Å². The Kier molecular flexibility index (Phi) is 6.25. The molecular weight excluding hydrogens is 412 g/mol. The molecule has 1 unspecified atom stereocenters. The summed E-state index contributed by atoms with van der Waals surface area (Å²) in [7, 11) is -2.73. The maximum Gasteiger partial charge on any atom is 0.227 e. The van der Waals surface area contributed by atoms with Gasteiger partial charge in [0, 0.05) is 29.8 Å². The standard InChI is InChI=1S/C24H26N2O4S/c1-2-31(25,28)22-9-7-18(8-10-22)16-30-24-17-29-21(13-23(24)27)15-26-12-11-19-5-3-4-6-20(19)14-26/h3-10,13,17,25H,2,11-12,14-16H2,1H3. The zero-order valence-electron chi connectivity index (χ0n) is 17.5. The Balaban J connectivity index is 1.36. The molecule has 0 saturated carbocycles. The van der Waals surface area contributed by atoms with Crippen LogP contribution in [0.25, 0.3) is 0 Å². The molecule has 6 nitrogen and oxygen atoms in total. The number of ether oxygens (including phenoxy) is 1. The van der Waals surface area contributed by atoms with Crippen LogP contribution < -0.4 is 10.2 Å². The summed E-state index contributed by atoms with van der Waals surface area (Å²) in [6.07, 6.45) is 2.37. The van der Waals surface area contributed by atoms with Crippen molar-refractivity contribution in [1.29, 1.82) is 4.78 Å². The molecule has 0 amide bonds. The van der Waals surface area contributed by atoms with Crippen molar-refractivity contribution in [1.82, 2.24) is 4.90 Å². The Bertz CT molecular complexity index is 1220. The summed E-state index contributed by atoms with van der Waals surface area (Å²) in [4.78, 5) is 15.2. The van der Waals surface area contributed by atoms with Gasteiger partial charge in [0.1, 0.15) is 18.6 Å². The minimum absolute atomic E-state index is 0.162. The number of nitrogens with one attached hydrogen (secondary N) is 1. The molecule has 3 aromatic rings. The van der Waals surface area contributed by atoms with E-state index in [1.54, 1.807) is 31.2 Å². The Morgan fingerprint density at radius 3 is 2.58 bits per heavy atom. The van der Waals surface area contributed by atoms with E-state index in [4.69, 9.17) is 13.9 Å². The van der Waals surface area contributed by atoms with Gasteiger partial charge in [-0.1, -0.05) is 43.3 Å². The summed E-state index contributed by atoms with van der Waals surface area (Å²) in [6, 6.07) is 16.8. The number of hydrogen-bond acceptors (Lipinski definition) is 6. The van der Waals surface area contributed by atoms with E-state index in [1.165, 1.54) is 23.5 Å². The molecule has 0 radical (unpaired) electrons. The van der Waals surface area contributed by atoms with E-state index in [0.29, 0.717) is 17.2 Å². The molecule has 0 bridgehead atoms. The number of nitrogens with zero attached hydrogens (tertiary/aromatic N) is 1. The maximum absolute atomic E-state index is 12.5. The molecule has 7 heteroatoms. The lowest BCUT2D eigenvalue weighted by atomic mass is 10.00. The summed E-state index contributed by atoms with van der Waals surface area (Å²) < 4.78 is 31.2. The maximum atomic E-state index is 12.5. The second-order valence-corrected chi connectivity index (χ2v) is 10.1. The predicted molar refractivity (Wildman–Crippen MR) is 120 cm³/mol. The van der Waals surface area contributed by atoms with Crippen LogP contribution in [0.2, 0.25) is 0 Å². The lowest BCUT2D eigenvalue weighted by Gasteiger charge is -2.28. The molecule has 2 heterocycles. The fraction of sp³-hybridized carbons (Fsp3) is 0.292. The van der Waals surface area contributed by atoms with Crippen molar-refractivity contribution in [3.8, 4) is 5.75 Å². The first kappa shape index (κ1) is 21.3. The average molecular weight is 439 g/mol. The highest BCUT2D eigenvalue weighted by molar-refractivity contribution is 7.92. The van der Waals surface area contributed by atoms with Gasteiger partial charge in [0.05, 0.1) is 16.3 Å². The molecule has 0 aliphatic carbocycles. The summed E-state index contributed by atoms with van der Waals surface area (Å²) >= 11 is 0. The molecule has 0 saturated heterocycles. The molecule has 1 atom stereocenters. The van der Waals surface area contributed by atoms with Crippen LogP contribution in [0.1, 0.15) is 29.4 Å². The van der Waals surface area contributed by atoms with Crippen molar-refractivity contribution in [3.63, 3.8) is 0 Å². The van der Waals surface area contributed by atoms with Crippen molar-refractivity contribution in [2.24, 2.45) is 0 Å². The van der Waals surface area contributed by atoms with Gasteiger partial charge in [-0.2, -0.15) is 0 Å². The van der Waals surface area contributed by atoms with Gasteiger partial charge in [0.15, 0.2) is 0 Å². The predicted octanol–water partition coefficient (Wildman–Crippen LogP) is 4.20. The van der Waals surface area contributed by atoms with Crippen molar-refractivity contribution in [2.45, 2.75) is 37.9 Å². The van der Waals surface area contributed by atoms with Gasteiger partial charge >= 0.3 is 0 Å². The van der Waals surface area contributed by atoms with E-state index < -0.39 is 9.73 Å². The average Bonchev–Trinajstić information content (AvgIpc) is 2.79. The molecule has 162 valence electrons. The van der Waals surface area contributed by atoms with Crippen LogP contribution in [0.3, 0.4) is 0 Å². The minimum atomic E-state index is -2.73. The van der Waals surface area contributed by atoms with Crippen LogP contribution in [0, 0.1) is 4.78 Å². The summed E-state index contributed by atoms with van der Waals surface area (Å²) in [5, 5.41) is 0. The van der Waals surface area contributed by atoms with E-state index in [9.17, 15) is 9.00 Å². The zero-order chi connectivity index (χ0) is 21.8. The largest absolute Gasteiger partial charge is 0.482 e. The molecule has 1 aliphatic heterocycles. The first-order valence-electron chi connectivity index (χ1n) is 10.3. The van der Waals surface area contributed by atoms with Crippen LogP contribution in [-0.4, -0.2) is 21.4 Å². The highest BCUT2D eigenvalue weighted by Gasteiger charge is 2.17. The van der Waals surface area contributed by atoms with Crippen molar-refractivity contribution in [3.05, 3.63) is 93.5 Å². The van der Waals surface area contributed by atoms with Crippen LogP contribution >= 0.6 is 0 Å². The number of fused-ring (bicyclic) bond motifs is 1. The van der Waals surface area contributed by atoms with E-state index in [0.717, 1.165) is 25.1 Å². The van der Waals surface area contributed by atoms with Crippen LogP contribution in [0.4, 0.5) is 0 Å². The molecule has 1 aliphatic rings. The van der Waals surface area contributed by atoms with Gasteiger partial charge in [-0.15, -0.1) is 0 Å². The van der Waals surface area contributed by atoms with Gasteiger partial charge < -0.3 is 9.15 Å². The van der Waals surface area contributed by atoms with Crippen LogP contribution in [0.15, 0.2) is 75.0 Å². The summed E-state index contributed by atoms with van der Waals surface area (Å²) in [5.41, 5.74) is 3.32. The third-order valence-corrected chi connectivity index (χ3v) is 7.39. The highest BCUT2D eigenvalue weighted by Crippen LogP contribution is 2.20. The second-order valence-electron chi connectivity index (χ2n) is 7.70. The first-order valence-corrected chi connectivity index (χ1v) is 12.1. The number of benzene rings is 2. The summed E-state index contributed by atoms with van der Waals surface area (Å²) in [6.45, 7) is 4.28. The smallest absolute Gasteiger partial charge is 0.227 e. The van der Waals surface area contributed by atoms with Crippen molar-refractivity contribution >= 4 is 9.73 Å². The van der Waals surface area contributed by atoms with E-state index in [-0.39, 0.29) is 23.5 Å². The zero-order valence-corrected chi connectivity index (χ0v) is 18.3. The quantitative estimate of drug-likeness (QED) is 0.598. The summed E-state index contributed by atoms with van der Waals surface area (Å²) in [5.74, 6) is 1.06. The normalized spacial score (nSPS) is 15.8. The van der Waals surface area contributed by atoms with Gasteiger partial charge in [-0.3, -0.25) is 9.69 Å². The SMILES string of the molecule is CCS(=N)(=O)c1ccc(COc2coc(CN3CCc4ccccc4C3)cc2=O)cc1. The third kappa shape index (κ3) is 5.06. The molecule has 0 spiro atoms. The van der Waals surface area contributed by atoms with Gasteiger partial charge in [0.25, 0.3) is 0 Å². The van der Waals surface area contributed by atoms with Gasteiger partial charge in [-0.25, -0.2) is 8.99 Å². The van der Waals surface area contributed by atoms with Gasteiger partial charge in [0.2, 0.25) is 11.2 Å². The molecule has 1 aromatic heterocycles. The Morgan fingerprint density at radius 1 is 1.13 bits per heavy atom. The molecule has 4 rings (SSSR count). The fourth-order valence-electron chi connectivity index (χ4n) is 3.67. The van der Waals surface area contributed by atoms with Gasteiger partial charge in [-0.05, 0) is 35.2 Å². The lowest BCUT2D eigenvalue weighted by Crippen LogP contribution is -2.30. The topological polar surface area (TPSA) is 83.6 Å². The van der Waals surface area contributed by atoms with Crippen molar-refractivity contribution < 1.29 is 13.4 Å². The molecule has 2 aromatic carbocycles. The molecule has 1 N–H and O–H groups in total. The molecule has 0 fully saturated rings. The number of hydrogen-bond donors (Lipinski definition) is 1. The van der Waals surface area contributed by atoms with E-state index >= 15 is 0 Å². The highest BCUT2D eigenvalue weighted by atomic mass is 32.2.